The molecule has 3 nitrogen and oxygen atoms in total. The highest BCUT2D eigenvalue weighted by Crippen LogP contribution is 2.18. The number of hydrogen-bond donors (Lipinski definition) is 0. The smallest absolute Gasteiger partial charge is 0.247 e. The van der Waals surface area contributed by atoms with Crippen LogP contribution in [0.5, 0.6) is 0 Å². The quantitative estimate of drug-likeness (QED) is 0.703. The van der Waals surface area contributed by atoms with Gasteiger partial charge in [0.25, 0.3) is 0 Å². The van der Waals surface area contributed by atoms with Gasteiger partial charge in [-0.25, -0.2) is 0 Å². The second-order valence-electron chi connectivity index (χ2n) is 2.96. The minimum absolute atomic E-state index is 0.341. The van der Waals surface area contributed by atoms with E-state index in [1.54, 1.807) is 18.3 Å². The van der Waals surface area contributed by atoms with Crippen molar-refractivity contribution in [2.75, 3.05) is 0 Å². The van der Waals surface area contributed by atoms with Gasteiger partial charge in [0.2, 0.25) is 5.91 Å². The fourth-order valence-corrected chi connectivity index (χ4v) is 1.28. The monoisotopic (exact) mass is 177 g/mol. The standard InChI is InChI=1S/C10H13N2O/c1-2-5-8(10(11)13)9-6-3-4-7-12-9/h3-4,6-8,11H,2,5H2,1H3. The van der Waals surface area contributed by atoms with Gasteiger partial charge < -0.3 is 0 Å². The van der Waals surface area contributed by atoms with Crippen LogP contribution in [-0.4, -0.2) is 10.9 Å². The van der Waals surface area contributed by atoms with Gasteiger partial charge in [0.05, 0.1) is 11.6 Å². The molecule has 0 aliphatic rings. The lowest BCUT2D eigenvalue weighted by Gasteiger charge is -2.09. The predicted octanol–water partition coefficient (Wildman–Crippen LogP) is 1.77. The minimum Gasteiger partial charge on any atom is -0.272 e. The van der Waals surface area contributed by atoms with Crippen molar-refractivity contribution in [1.29, 1.82) is 0 Å². The van der Waals surface area contributed by atoms with Crippen LogP contribution in [0.15, 0.2) is 24.4 Å². The van der Waals surface area contributed by atoms with E-state index in [4.69, 9.17) is 5.73 Å². The Morgan fingerprint density at radius 1 is 1.62 bits per heavy atom. The molecule has 1 atom stereocenters. The van der Waals surface area contributed by atoms with Crippen LogP contribution in [0.3, 0.4) is 0 Å². The van der Waals surface area contributed by atoms with E-state index in [-0.39, 0.29) is 5.92 Å². The normalized spacial score (nSPS) is 12.4. The molecule has 0 fully saturated rings. The molecule has 0 saturated heterocycles. The zero-order valence-corrected chi connectivity index (χ0v) is 7.66. The summed E-state index contributed by atoms with van der Waals surface area (Å²) in [5, 5.41) is 0. The summed E-state index contributed by atoms with van der Waals surface area (Å²) >= 11 is 0. The summed E-state index contributed by atoms with van der Waals surface area (Å²) in [5.74, 6) is -0.883. The van der Waals surface area contributed by atoms with E-state index in [2.05, 4.69) is 4.98 Å². The highest BCUT2D eigenvalue weighted by Gasteiger charge is 2.17. The highest BCUT2D eigenvalue weighted by molar-refractivity contribution is 5.80. The Hall–Kier alpha value is -1.38. The Kier molecular flexibility index (Phi) is 3.43. The van der Waals surface area contributed by atoms with E-state index in [0.717, 1.165) is 6.42 Å². The van der Waals surface area contributed by atoms with Crippen LogP contribution < -0.4 is 5.73 Å². The van der Waals surface area contributed by atoms with Gasteiger partial charge in [-0.1, -0.05) is 19.4 Å². The van der Waals surface area contributed by atoms with Gasteiger partial charge >= 0.3 is 0 Å². The Balaban J connectivity index is 2.82. The minimum atomic E-state index is -0.541. The molecule has 0 aliphatic heterocycles. The first-order chi connectivity index (χ1) is 6.25. The first-order valence-electron chi connectivity index (χ1n) is 4.42. The molecule has 0 spiro atoms. The lowest BCUT2D eigenvalue weighted by Crippen LogP contribution is -2.14. The molecule has 1 aromatic heterocycles. The molecule has 0 aromatic carbocycles. The summed E-state index contributed by atoms with van der Waals surface area (Å²) in [7, 11) is 0. The molecule has 1 radical (unpaired) electrons. The molecule has 1 amide bonds. The van der Waals surface area contributed by atoms with Crippen molar-refractivity contribution in [2.24, 2.45) is 0 Å². The van der Waals surface area contributed by atoms with Crippen molar-refractivity contribution in [3.63, 3.8) is 0 Å². The largest absolute Gasteiger partial charge is 0.272 e. The molecular formula is C10H13N2O. The molecule has 3 heteroatoms. The number of carbonyl (C=O) groups is 1. The summed E-state index contributed by atoms with van der Waals surface area (Å²) in [4.78, 5) is 15.0. The number of nitrogens with zero attached hydrogens (tertiary/aromatic N) is 1. The number of nitrogens with one attached hydrogen (secondary N) is 1. The molecule has 1 unspecified atom stereocenters. The molecule has 0 aliphatic carbocycles. The van der Waals surface area contributed by atoms with Crippen molar-refractivity contribution in [3.05, 3.63) is 30.1 Å². The van der Waals surface area contributed by atoms with Gasteiger partial charge in [-0.3, -0.25) is 15.5 Å². The molecule has 1 N–H and O–H groups in total. The number of hydrogen-bond acceptors (Lipinski definition) is 2. The molecule has 1 heterocycles. The molecule has 1 rings (SSSR count). The molecular weight excluding hydrogens is 164 g/mol. The van der Waals surface area contributed by atoms with Crippen molar-refractivity contribution in [3.8, 4) is 0 Å². The average molecular weight is 177 g/mol. The second-order valence-corrected chi connectivity index (χ2v) is 2.96. The summed E-state index contributed by atoms with van der Waals surface area (Å²) in [5.41, 5.74) is 7.81. The fourth-order valence-electron chi connectivity index (χ4n) is 1.28. The van der Waals surface area contributed by atoms with E-state index in [1.165, 1.54) is 0 Å². The van der Waals surface area contributed by atoms with Crippen LogP contribution in [0.4, 0.5) is 0 Å². The van der Waals surface area contributed by atoms with Crippen molar-refractivity contribution < 1.29 is 4.79 Å². The maximum Gasteiger partial charge on any atom is 0.247 e. The van der Waals surface area contributed by atoms with Crippen LogP contribution in [0.25, 0.3) is 0 Å². The lowest BCUT2D eigenvalue weighted by atomic mass is 9.99. The molecule has 0 bridgehead atoms. The zero-order valence-electron chi connectivity index (χ0n) is 7.66. The first-order valence-corrected chi connectivity index (χ1v) is 4.42. The lowest BCUT2D eigenvalue weighted by molar-refractivity contribution is -0.120. The van der Waals surface area contributed by atoms with E-state index in [0.29, 0.717) is 12.1 Å². The summed E-state index contributed by atoms with van der Waals surface area (Å²) < 4.78 is 0. The van der Waals surface area contributed by atoms with Crippen molar-refractivity contribution in [1.82, 2.24) is 10.7 Å². The Bertz CT molecular complexity index is 272. The summed E-state index contributed by atoms with van der Waals surface area (Å²) in [6.45, 7) is 2.00. The average Bonchev–Trinajstić information content (AvgIpc) is 2.15. The molecule has 13 heavy (non-hydrogen) atoms. The third-order valence-corrected chi connectivity index (χ3v) is 1.94. The maximum atomic E-state index is 11.0. The number of carbonyl (C=O) groups excluding carboxylic acids is 1. The maximum absolute atomic E-state index is 11.0. The van der Waals surface area contributed by atoms with Gasteiger partial charge in [0.1, 0.15) is 0 Å². The predicted molar refractivity (Wildman–Crippen MR) is 50.0 cm³/mol. The van der Waals surface area contributed by atoms with Crippen LogP contribution in [-0.2, 0) is 4.79 Å². The summed E-state index contributed by atoms with van der Waals surface area (Å²) in [6, 6.07) is 5.45. The van der Waals surface area contributed by atoms with Crippen molar-refractivity contribution in [2.45, 2.75) is 25.7 Å². The van der Waals surface area contributed by atoms with Gasteiger partial charge in [-0.15, -0.1) is 0 Å². The van der Waals surface area contributed by atoms with E-state index < -0.39 is 5.91 Å². The van der Waals surface area contributed by atoms with E-state index in [9.17, 15) is 4.79 Å². The number of amides is 1. The van der Waals surface area contributed by atoms with Gasteiger partial charge in [0.15, 0.2) is 0 Å². The van der Waals surface area contributed by atoms with E-state index in [1.807, 2.05) is 13.0 Å². The van der Waals surface area contributed by atoms with Crippen LogP contribution >= 0.6 is 0 Å². The highest BCUT2D eigenvalue weighted by atomic mass is 16.1. The molecule has 69 valence electrons. The molecule has 0 saturated carbocycles. The van der Waals surface area contributed by atoms with E-state index >= 15 is 0 Å². The molecule has 1 aromatic rings. The van der Waals surface area contributed by atoms with Gasteiger partial charge in [-0.05, 0) is 18.6 Å². The number of rotatable bonds is 4. The topological polar surface area (TPSA) is 53.8 Å². The number of pyridine rings is 1. The Morgan fingerprint density at radius 2 is 2.38 bits per heavy atom. The third-order valence-electron chi connectivity index (χ3n) is 1.94. The zero-order chi connectivity index (χ0) is 9.68. The Morgan fingerprint density at radius 3 is 2.85 bits per heavy atom. The van der Waals surface area contributed by atoms with Crippen molar-refractivity contribution >= 4 is 5.91 Å². The van der Waals surface area contributed by atoms with Crippen LogP contribution in [0.1, 0.15) is 31.4 Å². The Labute approximate surface area is 78.0 Å². The second kappa shape index (κ2) is 4.60. The fraction of sp³-hybridized carbons (Fsp3) is 0.400. The van der Waals surface area contributed by atoms with Crippen LogP contribution in [0, 0.1) is 0 Å². The summed E-state index contributed by atoms with van der Waals surface area (Å²) in [6.07, 6.45) is 3.26. The number of aromatic nitrogens is 1. The van der Waals surface area contributed by atoms with Gasteiger partial charge in [-0.2, -0.15) is 0 Å². The first kappa shape index (κ1) is 9.71. The van der Waals surface area contributed by atoms with Crippen LogP contribution in [0.2, 0.25) is 0 Å². The van der Waals surface area contributed by atoms with Gasteiger partial charge in [0, 0.05) is 6.20 Å². The SMILES string of the molecule is CCCC(C([NH])=O)c1ccccn1. The third kappa shape index (κ3) is 2.54.